The van der Waals surface area contributed by atoms with Gasteiger partial charge in [0.25, 0.3) is 0 Å². The topological polar surface area (TPSA) is 51.1 Å². The molecule has 0 amide bonds. The average molecular weight is 292 g/mol. The summed E-state index contributed by atoms with van der Waals surface area (Å²) in [6.07, 6.45) is 0. The molecule has 0 spiro atoms. The summed E-state index contributed by atoms with van der Waals surface area (Å²) < 4.78 is 14.4. The van der Waals surface area contributed by atoms with Gasteiger partial charge in [0.2, 0.25) is 0 Å². The van der Waals surface area contributed by atoms with Gasteiger partial charge in [0.15, 0.2) is 0 Å². The molecule has 2 aliphatic rings. The molecule has 0 unspecified atom stereocenters. The van der Waals surface area contributed by atoms with Crippen LogP contribution in [0.25, 0.3) is 0 Å². The van der Waals surface area contributed by atoms with Crippen LogP contribution in [-0.2, 0) is 0 Å². The fourth-order valence-electron chi connectivity index (χ4n) is 2.86. The lowest BCUT2D eigenvalue weighted by molar-refractivity contribution is 0.188. The van der Waals surface area contributed by atoms with Crippen LogP contribution in [0.4, 0.5) is 10.1 Å². The van der Waals surface area contributed by atoms with Crippen molar-refractivity contribution >= 4 is 11.5 Å². The maximum Gasteiger partial charge on any atom is 0.147 e. The van der Waals surface area contributed by atoms with Crippen LogP contribution in [0.3, 0.4) is 0 Å². The van der Waals surface area contributed by atoms with Crippen molar-refractivity contribution in [3.63, 3.8) is 0 Å². The van der Waals surface area contributed by atoms with Gasteiger partial charge in [-0.3, -0.25) is 9.89 Å². The summed E-state index contributed by atoms with van der Waals surface area (Å²) in [6, 6.07) is 5.33. The number of anilines is 1. The Labute approximate surface area is 124 Å². The van der Waals surface area contributed by atoms with Crippen molar-refractivity contribution in [1.82, 2.24) is 10.2 Å². The smallest absolute Gasteiger partial charge is 0.147 e. The highest BCUT2D eigenvalue weighted by Crippen LogP contribution is 2.22. The molecular formula is C15H21FN4O. The lowest BCUT2D eigenvalue weighted by Crippen LogP contribution is -2.47. The number of hydrogen-bond donors (Lipinski definition) is 2. The van der Waals surface area contributed by atoms with Crippen LogP contribution in [0, 0.1) is 5.82 Å². The third-order valence-electron chi connectivity index (χ3n) is 4.02. The monoisotopic (exact) mass is 292 g/mol. The van der Waals surface area contributed by atoms with E-state index in [0.717, 1.165) is 50.7 Å². The molecule has 1 saturated heterocycles. The molecule has 6 heteroatoms. The Morgan fingerprint density at radius 3 is 2.67 bits per heavy atom. The Balaban J connectivity index is 1.69. The molecule has 21 heavy (non-hydrogen) atoms. The lowest BCUT2D eigenvalue weighted by atomic mass is 10.1. The first-order valence-corrected chi connectivity index (χ1v) is 7.44. The molecule has 1 aromatic carbocycles. The number of hydrogen-bond acceptors (Lipinski definition) is 5. The molecule has 114 valence electrons. The summed E-state index contributed by atoms with van der Waals surface area (Å²) in [5, 5.41) is 12.1. The van der Waals surface area contributed by atoms with Gasteiger partial charge in [-0.05, 0) is 18.2 Å². The van der Waals surface area contributed by atoms with E-state index in [-0.39, 0.29) is 12.4 Å². The minimum atomic E-state index is -0.195. The second-order valence-corrected chi connectivity index (χ2v) is 5.38. The number of aliphatic hydroxyl groups excluding tert-OH is 1. The van der Waals surface area contributed by atoms with Gasteiger partial charge in [-0.15, -0.1) is 0 Å². The fourth-order valence-corrected chi connectivity index (χ4v) is 2.86. The molecule has 1 fully saturated rings. The molecule has 0 aliphatic carbocycles. The molecule has 0 radical (unpaired) electrons. The van der Waals surface area contributed by atoms with E-state index < -0.39 is 0 Å². The normalized spacial score (nSPS) is 19.5. The van der Waals surface area contributed by atoms with Crippen molar-refractivity contribution in [2.24, 2.45) is 4.99 Å². The number of rotatable bonds is 4. The van der Waals surface area contributed by atoms with E-state index in [1.54, 1.807) is 6.07 Å². The molecule has 2 heterocycles. The van der Waals surface area contributed by atoms with E-state index >= 15 is 0 Å². The van der Waals surface area contributed by atoms with Gasteiger partial charge in [0, 0.05) is 44.8 Å². The highest BCUT2D eigenvalue weighted by Gasteiger charge is 2.20. The highest BCUT2D eigenvalue weighted by molar-refractivity contribution is 6.00. The third kappa shape index (κ3) is 3.16. The predicted molar refractivity (Wildman–Crippen MR) is 81.5 cm³/mol. The molecular weight excluding hydrogens is 271 g/mol. The number of aliphatic hydroxyl groups is 1. The van der Waals surface area contributed by atoms with Gasteiger partial charge in [-0.25, -0.2) is 4.39 Å². The Kier molecular flexibility index (Phi) is 4.36. The quantitative estimate of drug-likeness (QED) is 0.837. The van der Waals surface area contributed by atoms with Crippen LogP contribution in [-0.4, -0.2) is 68.3 Å². The summed E-state index contributed by atoms with van der Waals surface area (Å²) in [5.74, 6) is 0.590. The Hall–Kier alpha value is -1.66. The first-order chi connectivity index (χ1) is 10.3. The number of piperazine rings is 1. The van der Waals surface area contributed by atoms with Crippen molar-refractivity contribution < 1.29 is 9.50 Å². The van der Waals surface area contributed by atoms with Crippen molar-refractivity contribution in [2.75, 3.05) is 57.3 Å². The number of amidine groups is 1. The Morgan fingerprint density at radius 1 is 1.24 bits per heavy atom. The SMILES string of the molecule is OCCN1CCN(c2ccc(C3=NCCN3)cc2F)CC1. The van der Waals surface area contributed by atoms with Crippen molar-refractivity contribution in [2.45, 2.75) is 0 Å². The predicted octanol–water partition coefficient (Wildman–Crippen LogP) is 0.290. The summed E-state index contributed by atoms with van der Waals surface area (Å²) >= 11 is 0. The molecule has 0 aromatic heterocycles. The van der Waals surface area contributed by atoms with E-state index in [2.05, 4.69) is 20.1 Å². The van der Waals surface area contributed by atoms with Crippen LogP contribution in [0.15, 0.2) is 23.2 Å². The van der Waals surface area contributed by atoms with Crippen molar-refractivity contribution in [1.29, 1.82) is 0 Å². The summed E-state index contributed by atoms with van der Waals surface area (Å²) in [6.45, 7) is 5.74. The number of β-amino-alcohol motifs (C(OH)–C–C–N with tert-alkyl or cyclic N) is 1. The van der Waals surface area contributed by atoms with E-state index in [0.29, 0.717) is 12.2 Å². The van der Waals surface area contributed by atoms with Crippen molar-refractivity contribution in [3.8, 4) is 0 Å². The summed E-state index contributed by atoms with van der Waals surface area (Å²) in [7, 11) is 0. The minimum Gasteiger partial charge on any atom is -0.395 e. The summed E-state index contributed by atoms with van der Waals surface area (Å²) in [5.41, 5.74) is 1.47. The Bertz CT molecular complexity index is 526. The van der Waals surface area contributed by atoms with Gasteiger partial charge in [0.05, 0.1) is 18.8 Å². The van der Waals surface area contributed by atoms with Crippen LogP contribution < -0.4 is 10.2 Å². The second kappa shape index (κ2) is 6.41. The molecule has 5 nitrogen and oxygen atoms in total. The van der Waals surface area contributed by atoms with E-state index in [1.165, 1.54) is 0 Å². The standard InChI is InChI=1S/C15H21FN4O/c16-13-11-12(15-17-3-4-18-15)1-2-14(13)20-7-5-19(6-8-20)9-10-21/h1-2,11,21H,3-10H2,(H,17,18). The van der Waals surface area contributed by atoms with Gasteiger partial charge in [-0.1, -0.05) is 0 Å². The Morgan fingerprint density at radius 2 is 2.05 bits per heavy atom. The molecule has 0 bridgehead atoms. The first kappa shape index (κ1) is 14.3. The first-order valence-electron chi connectivity index (χ1n) is 7.44. The number of nitrogens with zero attached hydrogens (tertiary/aromatic N) is 3. The minimum absolute atomic E-state index is 0.179. The second-order valence-electron chi connectivity index (χ2n) is 5.38. The van der Waals surface area contributed by atoms with Gasteiger partial charge in [0.1, 0.15) is 11.7 Å². The van der Waals surface area contributed by atoms with Gasteiger partial charge >= 0.3 is 0 Å². The van der Waals surface area contributed by atoms with E-state index in [9.17, 15) is 4.39 Å². The van der Waals surface area contributed by atoms with Gasteiger partial charge < -0.3 is 15.3 Å². The summed E-state index contributed by atoms with van der Waals surface area (Å²) in [4.78, 5) is 8.58. The third-order valence-corrected chi connectivity index (χ3v) is 4.02. The van der Waals surface area contributed by atoms with Gasteiger partial charge in [-0.2, -0.15) is 0 Å². The lowest BCUT2D eigenvalue weighted by Gasteiger charge is -2.36. The fraction of sp³-hybridized carbons (Fsp3) is 0.533. The average Bonchev–Trinajstić information content (AvgIpc) is 3.03. The number of benzene rings is 1. The molecule has 0 atom stereocenters. The van der Waals surface area contributed by atoms with E-state index in [1.807, 2.05) is 12.1 Å². The zero-order chi connectivity index (χ0) is 14.7. The molecule has 2 N–H and O–H groups in total. The number of aliphatic imine (C=N–C) groups is 1. The maximum atomic E-state index is 14.4. The zero-order valence-corrected chi connectivity index (χ0v) is 12.1. The molecule has 0 saturated carbocycles. The van der Waals surface area contributed by atoms with Crippen molar-refractivity contribution in [3.05, 3.63) is 29.6 Å². The largest absolute Gasteiger partial charge is 0.395 e. The molecule has 3 rings (SSSR count). The van der Waals surface area contributed by atoms with Crippen LogP contribution in [0.2, 0.25) is 0 Å². The number of nitrogens with one attached hydrogen (secondary N) is 1. The van der Waals surface area contributed by atoms with Crippen LogP contribution in [0.5, 0.6) is 0 Å². The van der Waals surface area contributed by atoms with E-state index in [4.69, 9.17) is 5.11 Å². The van der Waals surface area contributed by atoms with Crippen LogP contribution >= 0.6 is 0 Å². The molecule has 2 aliphatic heterocycles. The highest BCUT2D eigenvalue weighted by atomic mass is 19.1. The van der Waals surface area contributed by atoms with Crippen LogP contribution in [0.1, 0.15) is 5.56 Å². The maximum absolute atomic E-state index is 14.4. The number of halogens is 1. The molecule has 1 aromatic rings. The zero-order valence-electron chi connectivity index (χ0n) is 12.1.